The van der Waals surface area contributed by atoms with Crippen LogP contribution >= 0.6 is 0 Å². The molecule has 0 spiro atoms. The summed E-state index contributed by atoms with van der Waals surface area (Å²) in [6.45, 7) is 4.81. The Kier molecular flexibility index (Phi) is 6.15. The lowest BCUT2D eigenvalue weighted by atomic mass is 10.0. The molecule has 2 N–H and O–H groups in total. The summed E-state index contributed by atoms with van der Waals surface area (Å²) in [5.74, 6) is 0.541. The van der Waals surface area contributed by atoms with E-state index in [2.05, 4.69) is 46.6 Å². The van der Waals surface area contributed by atoms with Crippen molar-refractivity contribution < 1.29 is 4.79 Å². The summed E-state index contributed by atoms with van der Waals surface area (Å²) in [5, 5.41) is 6.34. The second-order valence-corrected chi connectivity index (χ2v) is 6.25. The highest BCUT2D eigenvalue weighted by atomic mass is 16.1. The van der Waals surface area contributed by atoms with Gasteiger partial charge in [-0.15, -0.1) is 0 Å². The van der Waals surface area contributed by atoms with Crippen molar-refractivity contribution in [2.75, 3.05) is 10.6 Å². The molecule has 2 heterocycles. The minimum absolute atomic E-state index is 0.125. The quantitative estimate of drug-likeness (QED) is 0.652. The molecule has 1 aromatic carbocycles. The van der Waals surface area contributed by atoms with Gasteiger partial charge in [-0.25, -0.2) is 4.98 Å². The summed E-state index contributed by atoms with van der Waals surface area (Å²) >= 11 is 0. The van der Waals surface area contributed by atoms with E-state index in [-0.39, 0.29) is 5.91 Å². The van der Waals surface area contributed by atoms with E-state index in [0.29, 0.717) is 17.9 Å². The van der Waals surface area contributed by atoms with Gasteiger partial charge in [0.1, 0.15) is 5.82 Å². The minimum atomic E-state index is -0.125. The van der Waals surface area contributed by atoms with Crippen LogP contribution in [-0.4, -0.2) is 15.9 Å². The number of para-hydroxylation sites is 1. The van der Waals surface area contributed by atoms with Crippen LogP contribution in [0.25, 0.3) is 0 Å². The topological polar surface area (TPSA) is 66.9 Å². The van der Waals surface area contributed by atoms with Crippen molar-refractivity contribution in [2.45, 2.75) is 33.2 Å². The summed E-state index contributed by atoms with van der Waals surface area (Å²) in [5.41, 5.74) is 4.90. The van der Waals surface area contributed by atoms with Gasteiger partial charge in [-0.3, -0.25) is 9.78 Å². The number of hydrogen-bond acceptors (Lipinski definition) is 4. The number of rotatable bonds is 7. The van der Waals surface area contributed by atoms with Gasteiger partial charge in [0, 0.05) is 36.4 Å². The molecule has 3 rings (SSSR count). The molecule has 0 unspecified atom stereocenters. The van der Waals surface area contributed by atoms with E-state index in [1.165, 1.54) is 0 Å². The van der Waals surface area contributed by atoms with E-state index in [4.69, 9.17) is 0 Å². The van der Waals surface area contributed by atoms with Crippen LogP contribution in [0.1, 0.15) is 40.9 Å². The third kappa shape index (κ3) is 4.70. The van der Waals surface area contributed by atoms with E-state index in [1.807, 2.05) is 18.2 Å². The normalized spacial score (nSPS) is 10.4. The van der Waals surface area contributed by atoms with E-state index in [0.717, 1.165) is 35.2 Å². The second kappa shape index (κ2) is 8.94. The molecule has 2 aromatic heterocycles. The van der Waals surface area contributed by atoms with Crippen LogP contribution in [0, 0.1) is 0 Å². The van der Waals surface area contributed by atoms with Crippen molar-refractivity contribution >= 4 is 17.4 Å². The third-order valence-electron chi connectivity index (χ3n) is 4.48. The molecule has 0 aliphatic heterocycles. The van der Waals surface area contributed by atoms with Gasteiger partial charge < -0.3 is 10.6 Å². The van der Waals surface area contributed by atoms with Crippen LogP contribution in [0.2, 0.25) is 0 Å². The summed E-state index contributed by atoms with van der Waals surface area (Å²) in [6, 6.07) is 13.5. The molecular formula is C22H24N4O. The van der Waals surface area contributed by atoms with Crippen LogP contribution in [0.15, 0.2) is 61.1 Å². The number of nitrogens with one attached hydrogen (secondary N) is 2. The zero-order valence-electron chi connectivity index (χ0n) is 15.7. The lowest BCUT2D eigenvalue weighted by Gasteiger charge is -2.15. The average molecular weight is 360 g/mol. The van der Waals surface area contributed by atoms with Crippen molar-refractivity contribution in [1.29, 1.82) is 0 Å². The predicted molar refractivity (Wildman–Crippen MR) is 109 cm³/mol. The van der Waals surface area contributed by atoms with E-state index in [9.17, 15) is 4.79 Å². The van der Waals surface area contributed by atoms with Gasteiger partial charge in [-0.2, -0.15) is 0 Å². The molecule has 0 saturated heterocycles. The number of carbonyl (C=O) groups is 1. The lowest BCUT2D eigenvalue weighted by Crippen LogP contribution is -2.15. The van der Waals surface area contributed by atoms with Crippen LogP contribution in [0.4, 0.5) is 11.5 Å². The maximum Gasteiger partial charge on any atom is 0.255 e. The monoisotopic (exact) mass is 360 g/mol. The Morgan fingerprint density at radius 3 is 2.33 bits per heavy atom. The molecule has 0 aliphatic carbocycles. The number of nitrogens with zero attached hydrogens (tertiary/aromatic N) is 2. The number of benzene rings is 1. The first-order valence-electron chi connectivity index (χ1n) is 9.22. The van der Waals surface area contributed by atoms with E-state index < -0.39 is 0 Å². The summed E-state index contributed by atoms with van der Waals surface area (Å²) in [4.78, 5) is 21.1. The van der Waals surface area contributed by atoms with Crippen molar-refractivity contribution in [3.8, 4) is 0 Å². The highest BCUT2D eigenvalue weighted by Crippen LogP contribution is 2.23. The Morgan fingerprint density at radius 1 is 0.963 bits per heavy atom. The number of pyridine rings is 2. The summed E-state index contributed by atoms with van der Waals surface area (Å²) in [6.07, 6.45) is 6.91. The fraction of sp³-hybridized carbons (Fsp3) is 0.227. The van der Waals surface area contributed by atoms with Crippen molar-refractivity contribution in [1.82, 2.24) is 9.97 Å². The number of anilines is 2. The molecule has 5 nitrogen and oxygen atoms in total. The standard InChI is InChI=1S/C22H24N4O/c1-3-17-6-5-7-18(4-2)21(17)26-22(27)19-10-13-24-20(14-19)25-15-16-8-11-23-12-9-16/h5-14H,3-4,15H2,1-2H3,(H,24,25)(H,26,27). The molecule has 5 heteroatoms. The van der Waals surface area contributed by atoms with Crippen LogP contribution in [0.3, 0.4) is 0 Å². The molecule has 0 bridgehead atoms. The largest absolute Gasteiger partial charge is 0.366 e. The lowest BCUT2D eigenvalue weighted by molar-refractivity contribution is 0.102. The maximum absolute atomic E-state index is 12.8. The van der Waals surface area contributed by atoms with Crippen molar-refractivity contribution in [2.24, 2.45) is 0 Å². The second-order valence-electron chi connectivity index (χ2n) is 6.25. The highest BCUT2D eigenvalue weighted by molar-refractivity contribution is 6.05. The van der Waals surface area contributed by atoms with Crippen LogP contribution in [0.5, 0.6) is 0 Å². The number of amides is 1. The fourth-order valence-electron chi connectivity index (χ4n) is 2.95. The Hall–Kier alpha value is -3.21. The zero-order valence-corrected chi connectivity index (χ0v) is 15.7. The third-order valence-corrected chi connectivity index (χ3v) is 4.48. The molecule has 3 aromatic rings. The van der Waals surface area contributed by atoms with Gasteiger partial charge >= 0.3 is 0 Å². The smallest absolute Gasteiger partial charge is 0.255 e. The molecule has 138 valence electrons. The Balaban J connectivity index is 1.74. The number of aromatic nitrogens is 2. The van der Waals surface area contributed by atoms with Gasteiger partial charge in [0.15, 0.2) is 0 Å². The van der Waals surface area contributed by atoms with Crippen LogP contribution in [-0.2, 0) is 19.4 Å². The first kappa shape index (κ1) is 18.6. The average Bonchev–Trinajstić information content (AvgIpc) is 2.73. The molecule has 0 saturated carbocycles. The molecule has 27 heavy (non-hydrogen) atoms. The van der Waals surface area contributed by atoms with Crippen LogP contribution < -0.4 is 10.6 Å². The first-order valence-corrected chi connectivity index (χ1v) is 9.22. The van der Waals surface area contributed by atoms with Gasteiger partial charge in [-0.1, -0.05) is 32.0 Å². The molecule has 1 amide bonds. The van der Waals surface area contributed by atoms with E-state index in [1.54, 1.807) is 30.7 Å². The fourth-order valence-corrected chi connectivity index (χ4v) is 2.95. The predicted octanol–water partition coefficient (Wildman–Crippen LogP) is 4.47. The number of carbonyl (C=O) groups excluding carboxylic acids is 1. The highest BCUT2D eigenvalue weighted by Gasteiger charge is 2.12. The van der Waals surface area contributed by atoms with Crippen molar-refractivity contribution in [3.63, 3.8) is 0 Å². The zero-order chi connectivity index (χ0) is 19.1. The maximum atomic E-state index is 12.8. The SMILES string of the molecule is CCc1cccc(CC)c1NC(=O)c1ccnc(NCc2ccncc2)c1. The van der Waals surface area contributed by atoms with Gasteiger partial charge in [-0.05, 0) is 53.8 Å². The summed E-state index contributed by atoms with van der Waals surface area (Å²) in [7, 11) is 0. The summed E-state index contributed by atoms with van der Waals surface area (Å²) < 4.78 is 0. The Bertz CT molecular complexity index is 887. The molecule has 0 aliphatic rings. The van der Waals surface area contributed by atoms with Gasteiger partial charge in [0.2, 0.25) is 0 Å². The number of aryl methyl sites for hydroxylation is 2. The molecule has 0 atom stereocenters. The van der Waals surface area contributed by atoms with Crippen molar-refractivity contribution in [3.05, 3.63) is 83.3 Å². The first-order chi connectivity index (χ1) is 13.2. The Morgan fingerprint density at radius 2 is 1.67 bits per heavy atom. The minimum Gasteiger partial charge on any atom is -0.366 e. The molecular weight excluding hydrogens is 336 g/mol. The molecule has 0 radical (unpaired) electrons. The van der Waals surface area contributed by atoms with Gasteiger partial charge in [0.05, 0.1) is 0 Å². The number of hydrogen-bond donors (Lipinski definition) is 2. The van der Waals surface area contributed by atoms with Gasteiger partial charge in [0.25, 0.3) is 5.91 Å². The Labute approximate surface area is 159 Å². The molecule has 0 fully saturated rings. The van der Waals surface area contributed by atoms with E-state index >= 15 is 0 Å².